The number of nitrogens with two attached hydrogens (primary N) is 1. The van der Waals surface area contributed by atoms with Crippen molar-refractivity contribution in [3.63, 3.8) is 0 Å². The van der Waals surface area contributed by atoms with Gasteiger partial charge in [-0.1, -0.05) is 140 Å². The Morgan fingerprint density at radius 1 is 0.451 bits per heavy atom. The van der Waals surface area contributed by atoms with Gasteiger partial charge >= 0.3 is 23.9 Å². The third kappa shape index (κ3) is 6.63. The highest BCUT2D eigenvalue weighted by Gasteiger charge is 2.76. The molecule has 0 radical (unpaired) electrons. The third-order valence-electron chi connectivity index (χ3n) is 9.96. The van der Waals surface area contributed by atoms with Crippen LogP contribution in [0.5, 0.6) is 0 Å². The predicted octanol–water partition coefficient (Wildman–Crippen LogP) is 6.01. The van der Waals surface area contributed by atoms with Crippen LogP contribution in [0.25, 0.3) is 0 Å². The first-order chi connectivity index (χ1) is 24.5. The number of benzene rings is 5. The van der Waals surface area contributed by atoms with Gasteiger partial charge in [-0.15, -0.1) is 0 Å². The van der Waals surface area contributed by atoms with Gasteiger partial charge in [-0.2, -0.15) is 0 Å². The second-order valence-electron chi connectivity index (χ2n) is 12.8. The van der Waals surface area contributed by atoms with Crippen LogP contribution in [0.1, 0.15) is 38.9 Å². The van der Waals surface area contributed by atoms with Gasteiger partial charge in [0.25, 0.3) is 0 Å². The van der Waals surface area contributed by atoms with Gasteiger partial charge in [0.05, 0.1) is 5.41 Å². The van der Waals surface area contributed by atoms with Crippen molar-refractivity contribution >= 4 is 23.9 Å². The van der Waals surface area contributed by atoms with E-state index in [-0.39, 0.29) is 29.7 Å². The molecule has 0 unspecified atom stereocenters. The summed E-state index contributed by atoms with van der Waals surface area (Å²) in [5, 5.41) is 46.1. The van der Waals surface area contributed by atoms with Gasteiger partial charge in [-0.3, -0.25) is 19.2 Å². The van der Waals surface area contributed by atoms with E-state index in [1.54, 1.807) is 115 Å². The lowest BCUT2D eigenvalue weighted by Gasteiger charge is -2.54. The van der Waals surface area contributed by atoms with E-state index < -0.39 is 59.4 Å². The van der Waals surface area contributed by atoms with E-state index in [1.807, 2.05) is 18.2 Å². The molecule has 0 aliphatic carbocycles. The van der Waals surface area contributed by atoms with E-state index in [0.29, 0.717) is 16.7 Å². The van der Waals surface area contributed by atoms with Gasteiger partial charge in [0.2, 0.25) is 0 Å². The lowest BCUT2D eigenvalue weighted by molar-refractivity contribution is -0.190. The summed E-state index contributed by atoms with van der Waals surface area (Å²) in [7, 11) is 0. The molecule has 9 nitrogen and oxygen atoms in total. The molecule has 5 rings (SSSR count). The van der Waals surface area contributed by atoms with Gasteiger partial charge in [0.1, 0.15) is 0 Å². The maximum atomic E-state index is 14.2. The molecule has 0 bridgehead atoms. The molecule has 0 heterocycles. The Hall–Kier alpha value is -6.06. The van der Waals surface area contributed by atoms with Gasteiger partial charge < -0.3 is 26.2 Å². The largest absolute Gasteiger partial charge is 0.480 e. The molecule has 51 heavy (non-hydrogen) atoms. The van der Waals surface area contributed by atoms with Crippen molar-refractivity contribution in [2.45, 2.75) is 37.6 Å². The smallest absolute Gasteiger partial charge is 0.322 e. The Morgan fingerprint density at radius 2 is 0.804 bits per heavy atom. The molecule has 6 N–H and O–H groups in total. The molecule has 0 aliphatic heterocycles. The number of hydrogen-bond acceptors (Lipinski definition) is 5. The van der Waals surface area contributed by atoms with Crippen LogP contribution in [0.15, 0.2) is 140 Å². The lowest BCUT2D eigenvalue weighted by Crippen LogP contribution is -2.71. The highest BCUT2D eigenvalue weighted by atomic mass is 16.4. The summed E-state index contributed by atoms with van der Waals surface area (Å²) in [6, 6.07) is 38.1. The molecule has 0 aromatic heterocycles. The minimum Gasteiger partial charge on any atom is -0.480 e. The summed E-state index contributed by atoms with van der Waals surface area (Å²) in [5.41, 5.74) is -0.183. The first-order valence-corrected chi connectivity index (χ1v) is 16.4. The van der Waals surface area contributed by atoms with Gasteiger partial charge in [-0.25, -0.2) is 0 Å². The van der Waals surface area contributed by atoms with Crippen molar-refractivity contribution < 1.29 is 39.6 Å². The third-order valence-corrected chi connectivity index (χ3v) is 9.96. The Balaban J connectivity index is 2.08. The molecule has 5 aromatic carbocycles. The second kappa shape index (κ2) is 15.2. The van der Waals surface area contributed by atoms with E-state index in [9.17, 15) is 39.6 Å². The summed E-state index contributed by atoms with van der Waals surface area (Å²) in [5.74, 6) is -7.49. The van der Waals surface area contributed by atoms with Crippen molar-refractivity contribution in [1.29, 1.82) is 0 Å². The number of rotatable bonds is 16. The van der Waals surface area contributed by atoms with Crippen LogP contribution in [0.4, 0.5) is 0 Å². The van der Waals surface area contributed by atoms with Crippen molar-refractivity contribution in [2.75, 3.05) is 0 Å². The molecule has 260 valence electrons. The number of hydrogen-bond donors (Lipinski definition) is 5. The van der Waals surface area contributed by atoms with E-state index >= 15 is 0 Å². The molecule has 0 aliphatic rings. The fourth-order valence-corrected chi connectivity index (χ4v) is 7.60. The summed E-state index contributed by atoms with van der Waals surface area (Å²) in [4.78, 5) is 56.9. The minimum absolute atomic E-state index is 0.0196. The zero-order valence-corrected chi connectivity index (χ0v) is 27.8. The maximum Gasteiger partial charge on any atom is 0.322 e. The first kappa shape index (κ1) is 36.2. The molecule has 0 atom stereocenters. The zero-order chi connectivity index (χ0) is 36.6. The molecular weight excluding hydrogens is 646 g/mol. The van der Waals surface area contributed by atoms with Crippen molar-refractivity contribution in [3.8, 4) is 0 Å². The van der Waals surface area contributed by atoms with Crippen molar-refractivity contribution in [1.82, 2.24) is 0 Å². The van der Waals surface area contributed by atoms with Gasteiger partial charge in [0.15, 0.2) is 10.8 Å². The summed E-state index contributed by atoms with van der Waals surface area (Å²) in [6.45, 7) is 0.0633. The van der Waals surface area contributed by atoms with E-state index in [2.05, 4.69) is 0 Å². The van der Waals surface area contributed by atoms with Crippen LogP contribution in [0.3, 0.4) is 0 Å². The Morgan fingerprint density at radius 3 is 1.16 bits per heavy atom. The number of carboxylic acids is 4. The topological polar surface area (TPSA) is 175 Å². The molecule has 0 saturated carbocycles. The van der Waals surface area contributed by atoms with Crippen LogP contribution >= 0.6 is 0 Å². The molecule has 5 aromatic rings. The summed E-state index contributed by atoms with van der Waals surface area (Å²) < 4.78 is 0. The summed E-state index contributed by atoms with van der Waals surface area (Å²) >= 11 is 0. The standard InChI is InChI=1S/C42H39NO8/c43-28-33-21-22-35(34(24-33)23-29-13-5-1-6-14-29)42(27-32-19-11-4-12-20-32,40(36(44)45,37(46)47)25-30-15-7-2-8-16-30)41(38(48)49,39(50)51)26-31-17-9-3-10-18-31/h1-22,24H,23,25-28,43H2,(H,44,45)(H,46,47)(H,48,49)(H,50,51). The van der Waals surface area contributed by atoms with E-state index in [1.165, 1.54) is 6.07 Å². The maximum absolute atomic E-state index is 14.2. The fourth-order valence-electron chi connectivity index (χ4n) is 7.60. The molecule has 0 saturated heterocycles. The molecule has 0 fully saturated rings. The van der Waals surface area contributed by atoms with Gasteiger partial charge in [0, 0.05) is 19.4 Å². The molecule has 9 heteroatoms. The van der Waals surface area contributed by atoms with Crippen LogP contribution in [-0.2, 0) is 56.8 Å². The van der Waals surface area contributed by atoms with Crippen LogP contribution in [0, 0.1) is 10.8 Å². The highest BCUT2D eigenvalue weighted by Crippen LogP contribution is 2.60. The van der Waals surface area contributed by atoms with E-state index in [0.717, 1.165) is 5.56 Å². The average molecular weight is 686 g/mol. The Bertz CT molecular complexity index is 1890. The average Bonchev–Trinajstić information content (AvgIpc) is 3.13. The zero-order valence-electron chi connectivity index (χ0n) is 27.8. The normalized spacial score (nSPS) is 11.9. The van der Waals surface area contributed by atoms with Crippen molar-refractivity contribution in [3.05, 3.63) is 178 Å². The lowest BCUT2D eigenvalue weighted by atomic mass is 9.43. The monoisotopic (exact) mass is 685 g/mol. The number of carboxylic acid groups (broad SMARTS) is 4. The Kier molecular flexibility index (Phi) is 10.8. The van der Waals surface area contributed by atoms with Crippen LogP contribution < -0.4 is 5.73 Å². The van der Waals surface area contributed by atoms with Crippen LogP contribution in [-0.4, -0.2) is 44.3 Å². The van der Waals surface area contributed by atoms with Crippen molar-refractivity contribution in [2.24, 2.45) is 16.6 Å². The molecule has 0 spiro atoms. The van der Waals surface area contributed by atoms with Gasteiger partial charge in [-0.05, 0) is 51.8 Å². The molecular formula is C42H39NO8. The minimum atomic E-state index is -3.08. The Labute approximate surface area is 295 Å². The first-order valence-electron chi connectivity index (χ1n) is 16.4. The quantitative estimate of drug-likeness (QED) is 0.0779. The predicted molar refractivity (Wildman–Crippen MR) is 191 cm³/mol. The second-order valence-corrected chi connectivity index (χ2v) is 12.8. The summed E-state index contributed by atoms with van der Waals surface area (Å²) in [6.07, 6.45) is -1.94. The molecule has 0 amide bonds. The number of aliphatic carboxylic acids is 4. The van der Waals surface area contributed by atoms with Crippen LogP contribution in [0.2, 0.25) is 0 Å². The number of carbonyl (C=O) groups is 4. The highest BCUT2D eigenvalue weighted by molar-refractivity contribution is 6.08. The van der Waals surface area contributed by atoms with E-state index in [4.69, 9.17) is 5.73 Å². The fraction of sp³-hybridized carbons (Fsp3) is 0.190. The SMILES string of the molecule is NCc1ccc(C(Cc2ccccc2)(C(Cc2ccccc2)(C(=O)O)C(=O)O)C(Cc2ccccc2)(C(=O)O)C(=O)O)c(Cc2ccccc2)c1.